The molecule has 7 nitrogen and oxygen atoms in total. The van der Waals surface area contributed by atoms with Crippen LogP contribution < -0.4 is 14.9 Å². The van der Waals surface area contributed by atoms with Crippen molar-refractivity contribution in [3.63, 3.8) is 0 Å². The number of carbonyl (C=O) groups excluding carboxylic acids is 2. The average Bonchev–Trinajstić information content (AvgIpc) is 3.27. The number of hydrogen-bond acceptors (Lipinski definition) is 4. The Kier molecular flexibility index (Phi) is 6.27. The molecule has 1 aliphatic heterocycles. The predicted molar refractivity (Wildman–Crippen MR) is 127 cm³/mol. The van der Waals surface area contributed by atoms with Gasteiger partial charge in [0.05, 0.1) is 11.4 Å². The van der Waals surface area contributed by atoms with E-state index in [0.29, 0.717) is 23.4 Å². The van der Waals surface area contributed by atoms with Crippen LogP contribution in [-0.4, -0.2) is 33.3 Å². The Morgan fingerprint density at radius 1 is 0.939 bits per heavy atom. The van der Waals surface area contributed by atoms with Crippen LogP contribution in [-0.2, 0) is 16.4 Å². The topological polar surface area (TPSA) is 95.6 Å². The number of benzene rings is 3. The van der Waals surface area contributed by atoms with Crippen LogP contribution in [0.25, 0.3) is 0 Å². The smallest absolute Gasteiger partial charge is 0.258 e. The van der Waals surface area contributed by atoms with Crippen LogP contribution in [0.1, 0.15) is 26.3 Å². The molecule has 0 aliphatic carbocycles. The van der Waals surface area contributed by atoms with E-state index in [1.807, 2.05) is 24.3 Å². The number of rotatable bonds is 6. The van der Waals surface area contributed by atoms with E-state index in [-0.39, 0.29) is 17.3 Å². The second-order valence-corrected chi connectivity index (χ2v) is 9.19. The standard InChI is InChI=1S/C25H21N3O4S/c1-2-16-26-33(31,32)22-13-9-19(10-14-22)24(29)27-21-11-7-20(8-12-21)25(30)28-17-15-18-5-3-4-6-23(18)28/h1,3-14,26H,15-17H2,(H,27,29). The summed E-state index contributed by atoms with van der Waals surface area (Å²) in [5, 5.41) is 2.75. The van der Waals surface area contributed by atoms with E-state index < -0.39 is 15.9 Å². The molecule has 1 heterocycles. The Morgan fingerprint density at radius 3 is 2.30 bits per heavy atom. The van der Waals surface area contributed by atoms with Crippen molar-refractivity contribution in [1.82, 2.24) is 4.72 Å². The van der Waals surface area contributed by atoms with E-state index >= 15 is 0 Å². The van der Waals surface area contributed by atoms with Gasteiger partial charge in [-0.15, -0.1) is 6.42 Å². The number of fused-ring (bicyclic) bond motifs is 1. The molecular weight excluding hydrogens is 438 g/mol. The third kappa shape index (κ3) is 4.80. The van der Waals surface area contributed by atoms with E-state index in [4.69, 9.17) is 6.42 Å². The molecule has 2 amide bonds. The lowest BCUT2D eigenvalue weighted by molar-refractivity contribution is 0.0988. The zero-order chi connectivity index (χ0) is 23.4. The molecule has 1 aliphatic rings. The van der Waals surface area contributed by atoms with Crippen molar-refractivity contribution in [3.8, 4) is 12.3 Å². The minimum absolute atomic E-state index is 0.0145. The number of nitrogens with one attached hydrogen (secondary N) is 2. The number of sulfonamides is 1. The summed E-state index contributed by atoms with van der Waals surface area (Å²) in [6.07, 6.45) is 5.91. The van der Waals surface area contributed by atoms with Gasteiger partial charge < -0.3 is 10.2 Å². The van der Waals surface area contributed by atoms with E-state index in [1.54, 1.807) is 29.2 Å². The van der Waals surface area contributed by atoms with Gasteiger partial charge >= 0.3 is 0 Å². The van der Waals surface area contributed by atoms with Crippen molar-refractivity contribution < 1.29 is 18.0 Å². The number of terminal acetylenes is 1. The molecule has 0 aromatic heterocycles. The molecule has 0 radical (unpaired) electrons. The maximum absolute atomic E-state index is 12.9. The van der Waals surface area contributed by atoms with Gasteiger partial charge in [0.15, 0.2) is 0 Å². The normalized spacial score (nSPS) is 12.6. The summed E-state index contributed by atoms with van der Waals surface area (Å²) in [7, 11) is -3.72. The fourth-order valence-corrected chi connectivity index (χ4v) is 4.54. The monoisotopic (exact) mass is 459 g/mol. The molecule has 0 unspecified atom stereocenters. The first kappa shape index (κ1) is 22.3. The number of carbonyl (C=O) groups is 2. The maximum atomic E-state index is 12.9. The van der Waals surface area contributed by atoms with Gasteiger partial charge in [-0.1, -0.05) is 24.1 Å². The highest BCUT2D eigenvalue weighted by Gasteiger charge is 2.25. The largest absolute Gasteiger partial charge is 0.322 e. The van der Waals surface area contributed by atoms with Crippen molar-refractivity contribution in [1.29, 1.82) is 0 Å². The van der Waals surface area contributed by atoms with Crippen molar-refractivity contribution in [3.05, 3.63) is 89.5 Å². The van der Waals surface area contributed by atoms with Crippen LogP contribution in [0.4, 0.5) is 11.4 Å². The van der Waals surface area contributed by atoms with Crippen LogP contribution in [0.2, 0.25) is 0 Å². The first-order valence-corrected chi connectivity index (χ1v) is 11.7. The Morgan fingerprint density at radius 2 is 1.61 bits per heavy atom. The number of amides is 2. The Labute approximate surface area is 192 Å². The fraction of sp³-hybridized carbons (Fsp3) is 0.120. The predicted octanol–water partition coefficient (Wildman–Crippen LogP) is 3.05. The molecule has 2 N–H and O–H groups in total. The van der Waals surface area contributed by atoms with E-state index in [1.165, 1.54) is 24.3 Å². The Balaban J connectivity index is 1.42. The highest BCUT2D eigenvalue weighted by Crippen LogP contribution is 2.29. The second-order valence-electron chi connectivity index (χ2n) is 7.42. The number of nitrogens with zero attached hydrogens (tertiary/aromatic N) is 1. The zero-order valence-corrected chi connectivity index (χ0v) is 18.4. The van der Waals surface area contributed by atoms with E-state index in [2.05, 4.69) is 16.0 Å². The van der Waals surface area contributed by atoms with Crippen LogP contribution in [0.3, 0.4) is 0 Å². The third-order valence-corrected chi connectivity index (χ3v) is 6.73. The molecule has 33 heavy (non-hydrogen) atoms. The van der Waals surface area contributed by atoms with Crippen LogP contribution in [0.15, 0.2) is 77.7 Å². The van der Waals surface area contributed by atoms with Gasteiger partial charge in [0.25, 0.3) is 11.8 Å². The molecule has 0 saturated heterocycles. The Hall–Kier alpha value is -3.93. The molecule has 3 aromatic carbocycles. The minimum Gasteiger partial charge on any atom is -0.322 e. The summed E-state index contributed by atoms with van der Waals surface area (Å²) < 4.78 is 26.4. The van der Waals surface area contributed by atoms with Crippen LogP contribution in [0, 0.1) is 12.3 Å². The SMILES string of the molecule is C#CCNS(=O)(=O)c1ccc(C(=O)Nc2ccc(C(=O)N3CCc4ccccc43)cc2)cc1. The van der Waals surface area contributed by atoms with Crippen molar-refractivity contribution in [2.24, 2.45) is 0 Å². The van der Waals surface area contributed by atoms with Gasteiger partial charge in [-0.05, 0) is 66.6 Å². The van der Waals surface area contributed by atoms with Crippen molar-refractivity contribution in [2.45, 2.75) is 11.3 Å². The van der Waals surface area contributed by atoms with Crippen molar-refractivity contribution in [2.75, 3.05) is 23.3 Å². The third-order valence-electron chi connectivity index (χ3n) is 5.31. The van der Waals surface area contributed by atoms with Gasteiger partial charge in [0.1, 0.15) is 0 Å². The molecule has 0 spiro atoms. The molecule has 3 aromatic rings. The first-order chi connectivity index (χ1) is 15.9. The lowest BCUT2D eigenvalue weighted by atomic mass is 10.1. The average molecular weight is 460 g/mol. The summed E-state index contributed by atoms with van der Waals surface area (Å²) in [6, 6.07) is 20.0. The summed E-state index contributed by atoms with van der Waals surface area (Å²) in [4.78, 5) is 27.2. The lowest BCUT2D eigenvalue weighted by Crippen LogP contribution is -2.28. The van der Waals surface area contributed by atoms with E-state index in [9.17, 15) is 18.0 Å². The van der Waals surface area contributed by atoms with Gasteiger partial charge in [-0.25, -0.2) is 8.42 Å². The van der Waals surface area contributed by atoms with Gasteiger partial charge in [-0.2, -0.15) is 4.72 Å². The highest BCUT2D eigenvalue weighted by atomic mass is 32.2. The summed E-state index contributed by atoms with van der Waals surface area (Å²) in [5.74, 6) is 1.71. The Bertz CT molecular complexity index is 1340. The molecule has 0 fully saturated rings. The molecule has 0 atom stereocenters. The molecule has 0 saturated carbocycles. The minimum atomic E-state index is -3.72. The van der Waals surface area contributed by atoms with Gasteiger partial charge in [-0.3, -0.25) is 9.59 Å². The number of hydrogen-bond donors (Lipinski definition) is 2. The maximum Gasteiger partial charge on any atom is 0.258 e. The highest BCUT2D eigenvalue weighted by molar-refractivity contribution is 7.89. The van der Waals surface area contributed by atoms with Crippen molar-refractivity contribution >= 4 is 33.2 Å². The summed E-state index contributed by atoms with van der Waals surface area (Å²) in [5.41, 5.74) is 3.42. The van der Waals surface area contributed by atoms with Crippen LogP contribution >= 0.6 is 0 Å². The number of para-hydroxylation sites is 1. The zero-order valence-electron chi connectivity index (χ0n) is 17.6. The van der Waals surface area contributed by atoms with E-state index in [0.717, 1.165) is 17.7 Å². The quantitative estimate of drug-likeness (QED) is 0.554. The van der Waals surface area contributed by atoms with Gasteiger partial charge in [0.2, 0.25) is 10.0 Å². The van der Waals surface area contributed by atoms with Gasteiger partial charge in [0, 0.05) is 29.0 Å². The molecule has 4 rings (SSSR count). The first-order valence-electron chi connectivity index (χ1n) is 10.2. The second kappa shape index (κ2) is 9.28. The summed E-state index contributed by atoms with van der Waals surface area (Å²) in [6.45, 7) is 0.522. The van der Waals surface area contributed by atoms with Crippen LogP contribution in [0.5, 0.6) is 0 Å². The molecule has 166 valence electrons. The molecule has 8 heteroatoms. The number of anilines is 2. The molecule has 0 bridgehead atoms. The fourth-order valence-electron chi connectivity index (χ4n) is 3.61. The lowest BCUT2D eigenvalue weighted by Gasteiger charge is -2.17. The summed E-state index contributed by atoms with van der Waals surface area (Å²) >= 11 is 0. The molecular formula is C25H21N3O4S.